The Morgan fingerprint density at radius 3 is 2.48 bits per heavy atom. The third-order valence-electron chi connectivity index (χ3n) is 3.14. The molecule has 108 valence electrons. The number of aryl methyl sites for hydroxylation is 2. The second kappa shape index (κ2) is 6.57. The second-order valence-electron chi connectivity index (χ2n) is 4.55. The highest BCUT2D eigenvalue weighted by Gasteiger charge is 2.06. The number of benzene rings is 1. The fraction of sp³-hybridized carbons (Fsp3) is 0.267. The van der Waals surface area contributed by atoms with Gasteiger partial charge in [-0.3, -0.25) is 13.9 Å². The van der Waals surface area contributed by atoms with E-state index >= 15 is 0 Å². The van der Waals surface area contributed by atoms with Crippen LogP contribution in [0.5, 0.6) is 0 Å². The summed E-state index contributed by atoms with van der Waals surface area (Å²) in [6, 6.07) is 8.65. The first-order chi connectivity index (χ1) is 10.1. The van der Waals surface area contributed by atoms with Gasteiger partial charge in [0.15, 0.2) is 0 Å². The summed E-state index contributed by atoms with van der Waals surface area (Å²) in [7, 11) is 0. The lowest BCUT2D eigenvalue weighted by Gasteiger charge is -2.05. The molecule has 1 heterocycles. The Labute approximate surface area is 122 Å². The Morgan fingerprint density at radius 2 is 1.90 bits per heavy atom. The van der Waals surface area contributed by atoms with Gasteiger partial charge in [0.05, 0.1) is 11.6 Å². The van der Waals surface area contributed by atoms with Crippen molar-refractivity contribution < 1.29 is 4.79 Å². The summed E-state index contributed by atoms with van der Waals surface area (Å²) >= 11 is 0. The van der Waals surface area contributed by atoms with Gasteiger partial charge in [0, 0.05) is 37.6 Å². The van der Waals surface area contributed by atoms with Crippen LogP contribution in [-0.2, 0) is 17.9 Å². The normalized spacial score (nSPS) is 10.1. The predicted molar refractivity (Wildman–Crippen MR) is 78.8 cm³/mol. The molecule has 0 unspecified atom stereocenters. The van der Waals surface area contributed by atoms with Crippen LogP contribution in [0.15, 0.2) is 41.5 Å². The molecule has 6 heteroatoms. The van der Waals surface area contributed by atoms with Crippen LogP contribution < -0.4 is 11.0 Å². The molecular formula is C15H16N4O2. The van der Waals surface area contributed by atoms with E-state index in [1.807, 2.05) is 13.0 Å². The highest BCUT2D eigenvalue weighted by atomic mass is 16.2. The summed E-state index contributed by atoms with van der Waals surface area (Å²) in [5.41, 5.74) is 1.07. The Morgan fingerprint density at radius 1 is 1.24 bits per heavy atom. The first kappa shape index (κ1) is 14.6. The van der Waals surface area contributed by atoms with Gasteiger partial charge in [-0.1, -0.05) is 0 Å². The van der Waals surface area contributed by atoms with Crippen molar-refractivity contribution in [3.05, 3.63) is 52.7 Å². The summed E-state index contributed by atoms with van der Waals surface area (Å²) < 4.78 is 3.10. The molecule has 0 spiro atoms. The minimum Gasteiger partial charge on any atom is -0.326 e. The molecule has 0 aliphatic carbocycles. The van der Waals surface area contributed by atoms with Crippen molar-refractivity contribution in [1.82, 2.24) is 9.13 Å². The number of imidazole rings is 1. The molecule has 1 amide bonds. The van der Waals surface area contributed by atoms with Gasteiger partial charge >= 0.3 is 5.69 Å². The van der Waals surface area contributed by atoms with E-state index in [9.17, 15) is 9.59 Å². The standard InChI is InChI=1S/C15H16N4O2/c1-2-18-9-10-19(15(18)21)8-7-14(20)17-13-5-3-12(11-16)4-6-13/h3-6,9-10H,2,7-8H2,1H3,(H,17,20). The average molecular weight is 284 g/mol. The quantitative estimate of drug-likeness (QED) is 0.905. The smallest absolute Gasteiger partial charge is 0.326 e. The van der Waals surface area contributed by atoms with Crippen LogP contribution in [0.1, 0.15) is 18.9 Å². The van der Waals surface area contributed by atoms with Crippen molar-refractivity contribution >= 4 is 11.6 Å². The minimum absolute atomic E-state index is 0.108. The molecule has 0 aliphatic rings. The number of rotatable bonds is 5. The third-order valence-corrected chi connectivity index (χ3v) is 3.14. The summed E-state index contributed by atoms with van der Waals surface area (Å²) in [5, 5.41) is 11.4. The zero-order valence-corrected chi connectivity index (χ0v) is 11.7. The van der Waals surface area contributed by atoms with Crippen LogP contribution in [0.3, 0.4) is 0 Å². The lowest BCUT2D eigenvalue weighted by Crippen LogP contribution is -2.25. The van der Waals surface area contributed by atoms with Crippen LogP contribution in [0.2, 0.25) is 0 Å². The average Bonchev–Trinajstić information content (AvgIpc) is 2.86. The molecular weight excluding hydrogens is 268 g/mol. The molecule has 0 atom stereocenters. The fourth-order valence-electron chi connectivity index (χ4n) is 1.94. The van der Waals surface area contributed by atoms with Gasteiger partial charge < -0.3 is 5.32 Å². The zero-order chi connectivity index (χ0) is 15.2. The maximum absolute atomic E-state index is 11.8. The van der Waals surface area contributed by atoms with E-state index in [1.54, 1.807) is 41.2 Å². The highest BCUT2D eigenvalue weighted by molar-refractivity contribution is 5.90. The molecule has 0 bridgehead atoms. The molecule has 0 radical (unpaired) electrons. The molecule has 0 saturated heterocycles. The third kappa shape index (κ3) is 3.60. The topological polar surface area (TPSA) is 79.8 Å². The number of carbonyl (C=O) groups is 1. The Kier molecular flexibility index (Phi) is 4.57. The number of nitriles is 1. The minimum atomic E-state index is -0.171. The van der Waals surface area contributed by atoms with Crippen molar-refractivity contribution in [2.24, 2.45) is 0 Å². The molecule has 21 heavy (non-hydrogen) atoms. The molecule has 1 N–H and O–H groups in total. The number of amides is 1. The van der Waals surface area contributed by atoms with E-state index in [-0.39, 0.29) is 18.0 Å². The van der Waals surface area contributed by atoms with Crippen LogP contribution in [0.25, 0.3) is 0 Å². The summed E-state index contributed by atoms with van der Waals surface area (Å²) in [4.78, 5) is 23.6. The van der Waals surface area contributed by atoms with E-state index in [2.05, 4.69) is 5.32 Å². The number of hydrogen-bond acceptors (Lipinski definition) is 3. The number of hydrogen-bond donors (Lipinski definition) is 1. The van der Waals surface area contributed by atoms with Gasteiger partial charge in [-0.25, -0.2) is 4.79 Å². The predicted octanol–water partition coefficient (Wildman–Crippen LogP) is 1.57. The monoisotopic (exact) mass is 284 g/mol. The second-order valence-corrected chi connectivity index (χ2v) is 4.55. The largest absolute Gasteiger partial charge is 0.328 e. The first-order valence-electron chi connectivity index (χ1n) is 6.69. The maximum Gasteiger partial charge on any atom is 0.328 e. The molecule has 0 saturated carbocycles. The van der Waals surface area contributed by atoms with Gasteiger partial charge in [0.1, 0.15) is 0 Å². The van der Waals surface area contributed by atoms with Gasteiger partial charge in [-0.2, -0.15) is 5.26 Å². The van der Waals surface area contributed by atoms with Gasteiger partial charge in [0.2, 0.25) is 5.91 Å². The van der Waals surface area contributed by atoms with Crippen molar-refractivity contribution in [2.45, 2.75) is 26.4 Å². The van der Waals surface area contributed by atoms with E-state index in [4.69, 9.17) is 5.26 Å². The van der Waals surface area contributed by atoms with Gasteiger partial charge in [-0.05, 0) is 31.2 Å². The van der Waals surface area contributed by atoms with Crippen molar-refractivity contribution in [2.75, 3.05) is 5.32 Å². The summed E-state index contributed by atoms with van der Waals surface area (Å²) in [6.45, 7) is 2.85. The SMILES string of the molecule is CCn1ccn(CCC(=O)Nc2ccc(C#N)cc2)c1=O. The van der Waals surface area contributed by atoms with Crippen molar-refractivity contribution in [3.8, 4) is 6.07 Å². The first-order valence-corrected chi connectivity index (χ1v) is 6.69. The number of carbonyl (C=O) groups excluding carboxylic acids is 1. The summed E-state index contributed by atoms with van der Waals surface area (Å²) in [6.07, 6.45) is 3.61. The molecule has 1 aromatic carbocycles. The van der Waals surface area contributed by atoms with Gasteiger partial charge in [0.25, 0.3) is 0 Å². The number of anilines is 1. The van der Waals surface area contributed by atoms with E-state index in [0.29, 0.717) is 24.3 Å². The fourth-order valence-corrected chi connectivity index (χ4v) is 1.94. The number of nitrogens with one attached hydrogen (secondary N) is 1. The Balaban J connectivity index is 1.91. The van der Waals surface area contributed by atoms with E-state index < -0.39 is 0 Å². The van der Waals surface area contributed by atoms with Crippen LogP contribution in [-0.4, -0.2) is 15.0 Å². The molecule has 0 aliphatic heterocycles. The number of aromatic nitrogens is 2. The van der Waals surface area contributed by atoms with Crippen molar-refractivity contribution in [3.63, 3.8) is 0 Å². The van der Waals surface area contributed by atoms with Crippen LogP contribution in [0.4, 0.5) is 5.69 Å². The highest BCUT2D eigenvalue weighted by Crippen LogP contribution is 2.09. The molecule has 2 aromatic rings. The lowest BCUT2D eigenvalue weighted by atomic mass is 10.2. The van der Waals surface area contributed by atoms with Crippen LogP contribution in [0, 0.1) is 11.3 Å². The van der Waals surface area contributed by atoms with Gasteiger partial charge in [-0.15, -0.1) is 0 Å². The zero-order valence-electron chi connectivity index (χ0n) is 11.7. The summed E-state index contributed by atoms with van der Waals surface area (Å²) in [5.74, 6) is -0.171. The van der Waals surface area contributed by atoms with E-state index in [1.165, 1.54) is 4.57 Å². The van der Waals surface area contributed by atoms with E-state index in [0.717, 1.165) is 0 Å². The Bertz CT molecular complexity index is 719. The maximum atomic E-state index is 11.8. The molecule has 2 rings (SSSR count). The molecule has 1 aromatic heterocycles. The Hall–Kier alpha value is -2.81. The van der Waals surface area contributed by atoms with Crippen molar-refractivity contribution in [1.29, 1.82) is 5.26 Å². The van der Waals surface area contributed by atoms with Crippen LogP contribution >= 0.6 is 0 Å². The molecule has 0 fully saturated rings. The number of nitrogens with zero attached hydrogens (tertiary/aromatic N) is 3. The lowest BCUT2D eigenvalue weighted by molar-refractivity contribution is -0.116. The molecule has 6 nitrogen and oxygen atoms in total.